The van der Waals surface area contributed by atoms with Gasteiger partial charge in [-0.1, -0.05) is 41.7 Å². The quantitative estimate of drug-likeness (QED) is 0.350. The van der Waals surface area contributed by atoms with Gasteiger partial charge in [-0.3, -0.25) is 14.2 Å². The molecule has 220 valence electrons. The van der Waals surface area contributed by atoms with E-state index < -0.39 is 6.04 Å². The number of thiazole rings is 1. The summed E-state index contributed by atoms with van der Waals surface area (Å²) < 4.78 is 18.7. The molecular formula is C33H32N4O5S. The Balaban J connectivity index is 1.45. The maximum atomic E-state index is 14.1. The van der Waals surface area contributed by atoms with Crippen molar-refractivity contribution in [3.8, 4) is 11.5 Å². The van der Waals surface area contributed by atoms with Crippen LogP contribution in [0.15, 0.2) is 93.9 Å². The summed E-state index contributed by atoms with van der Waals surface area (Å²) in [5.41, 5.74) is 3.97. The molecule has 10 heteroatoms. The van der Waals surface area contributed by atoms with Crippen molar-refractivity contribution >= 4 is 34.7 Å². The number of morpholine rings is 1. The summed E-state index contributed by atoms with van der Waals surface area (Å²) >= 11 is 1.30. The highest BCUT2D eigenvalue weighted by Crippen LogP contribution is 2.37. The highest BCUT2D eigenvalue weighted by Gasteiger charge is 2.34. The van der Waals surface area contributed by atoms with Gasteiger partial charge in [0.05, 0.1) is 43.2 Å². The maximum Gasteiger partial charge on any atom is 0.271 e. The monoisotopic (exact) mass is 596 g/mol. The summed E-state index contributed by atoms with van der Waals surface area (Å²) in [5.74, 6) is 0.755. The standard InChI is InChI=1S/C33H32N4O5S/c1-21-29(31(38)35-23-7-5-4-6-8-23)30(26-14-13-25(40-2)20-27(26)41-3)37-32(39)28(43-33(37)34-21)19-22-9-11-24(12-10-22)36-15-17-42-18-16-36/h4-14,19-20,30H,15-18H2,1-3H3,(H,35,38)/b28-19+/t30-/m1/s1. The SMILES string of the molecule is COc1ccc([C@@H]2C(C(=O)Nc3ccccc3)=C(C)N=c3s/c(=C/c4ccc(N5CCOCC5)cc4)c(=O)n32)c(OC)c1. The van der Waals surface area contributed by atoms with Crippen molar-refractivity contribution in [3.05, 3.63) is 115 Å². The lowest BCUT2D eigenvalue weighted by atomic mass is 9.94. The first kappa shape index (κ1) is 28.4. The molecule has 3 heterocycles. The van der Waals surface area contributed by atoms with Crippen LogP contribution in [0, 0.1) is 0 Å². The third kappa shape index (κ3) is 5.71. The number of ether oxygens (including phenoxy) is 3. The molecule has 1 amide bonds. The molecule has 2 aliphatic rings. The first-order valence-electron chi connectivity index (χ1n) is 14.0. The Hall–Kier alpha value is -4.67. The second kappa shape index (κ2) is 12.3. The highest BCUT2D eigenvalue weighted by atomic mass is 32.1. The van der Waals surface area contributed by atoms with Gasteiger partial charge in [-0.15, -0.1) is 0 Å². The molecule has 0 unspecified atom stereocenters. The van der Waals surface area contributed by atoms with Crippen molar-refractivity contribution in [1.82, 2.24) is 4.57 Å². The minimum Gasteiger partial charge on any atom is -0.497 e. The molecule has 0 radical (unpaired) electrons. The van der Waals surface area contributed by atoms with Gasteiger partial charge in [0.25, 0.3) is 11.5 Å². The number of benzene rings is 3. The number of aromatic nitrogens is 1. The number of nitrogens with one attached hydrogen (secondary N) is 1. The molecule has 0 aliphatic carbocycles. The van der Waals surface area contributed by atoms with Crippen LogP contribution >= 0.6 is 11.3 Å². The molecule has 1 aromatic heterocycles. The molecule has 3 aromatic carbocycles. The van der Waals surface area contributed by atoms with Crippen LogP contribution in [0.4, 0.5) is 11.4 Å². The fourth-order valence-electron chi connectivity index (χ4n) is 5.42. The average molecular weight is 597 g/mol. The molecule has 4 aromatic rings. The lowest BCUT2D eigenvalue weighted by molar-refractivity contribution is -0.113. The second-order valence-electron chi connectivity index (χ2n) is 10.2. The number of allylic oxidation sites excluding steroid dienone is 1. The fraction of sp³-hybridized carbons (Fsp3) is 0.242. The number of fused-ring (bicyclic) bond motifs is 1. The number of amides is 1. The molecule has 0 spiro atoms. The lowest BCUT2D eigenvalue weighted by Gasteiger charge is -2.28. The highest BCUT2D eigenvalue weighted by molar-refractivity contribution is 7.07. The Morgan fingerprint density at radius 1 is 1.02 bits per heavy atom. The largest absolute Gasteiger partial charge is 0.497 e. The summed E-state index contributed by atoms with van der Waals surface area (Å²) in [6, 6.07) is 22.0. The van der Waals surface area contributed by atoms with Crippen molar-refractivity contribution in [2.24, 2.45) is 4.99 Å². The van der Waals surface area contributed by atoms with Gasteiger partial charge in [0.2, 0.25) is 0 Å². The minimum absolute atomic E-state index is 0.235. The Kier molecular flexibility index (Phi) is 8.13. The van der Waals surface area contributed by atoms with E-state index in [1.165, 1.54) is 11.3 Å². The van der Waals surface area contributed by atoms with Crippen molar-refractivity contribution in [3.63, 3.8) is 0 Å². The normalized spacial score (nSPS) is 16.9. The smallest absolute Gasteiger partial charge is 0.271 e. The third-order valence-electron chi connectivity index (χ3n) is 7.60. The molecule has 9 nitrogen and oxygen atoms in total. The average Bonchev–Trinajstić information content (AvgIpc) is 3.34. The summed E-state index contributed by atoms with van der Waals surface area (Å²) in [6.07, 6.45) is 1.87. The van der Waals surface area contributed by atoms with Crippen molar-refractivity contribution < 1.29 is 19.0 Å². The number of rotatable bonds is 7. The van der Waals surface area contributed by atoms with Gasteiger partial charge in [0.1, 0.15) is 17.5 Å². The number of nitrogens with zero attached hydrogens (tertiary/aromatic N) is 3. The molecule has 0 saturated carbocycles. The van der Waals surface area contributed by atoms with Crippen LogP contribution in [0.1, 0.15) is 24.1 Å². The van der Waals surface area contributed by atoms with E-state index >= 15 is 0 Å². The third-order valence-corrected chi connectivity index (χ3v) is 8.58. The summed E-state index contributed by atoms with van der Waals surface area (Å²) in [7, 11) is 3.14. The first-order valence-corrected chi connectivity index (χ1v) is 14.8. The van der Waals surface area contributed by atoms with E-state index in [-0.39, 0.29) is 11.5 Å². The molecule has 1 N–H and O–H groups in total. The van der Waals surface area contributed by atoms with Gasteiger partial charge in [-0.05, 0) is 55.0 Å². The van der Waals surface area contributed by atoms with Crippen LogP contribution in [0.25, 0.3) is 6.08 Å². The van der Waals surface area contributed by atoms with Crippen LogP contribution in [0.3, 0.4) is 0 Å². The Morgan fingerprint density at radius 3 is 2.47 bits per heavy atom. The van der Waals surface area contributed by atoms with Gasteiger partial charge in [-0.2, -0.15) is 0 Å². The zero-order chi connectivity index (χ0) is 29.9. The van der Waals surface area contributed by atoms with Gasteiger partial charge in [0, 0.05) is 36.1 Å². The van der Waals surface area contributed by atoms with E-state index in [2.05, 4.69) is 22.3 Å². The summed E-state index contributed by atoms with van der Waals surface area (Å²) in [6.45, 7) is 4.94. The van der Waals surface area contributed by atoms with Crippen molar-refractivity contribution in [2.45, 2.75) is 13.0 Å². The zero-order valence-electron chi connectivity index (χ0n) is 24.2. The zero-order valence-corrected chi connectivity index (χ0v) is 25.0. The number of methoxy groups -OCH3 is 2. The number of para-hydroxylation sites is 1. The number of anilines is 2. The Labute approximate surface area is 253 Å². The Bertz CT molecular complexity index is 1860. The van der Waals surface area contributed by atoms with E-state index in [1.807, 2.05) is 54.6 Å². The molecule has 43 heavy (non-hydrogen) atoms. The van der Waals surface area contributed by atoms with E-state index in [9.17, 15) is 9.59 Å². The second-order valence-corrected chi connectivity index (χ2v) is 11.2. The molecule has 1 fully saturated rings. The Morgan fingerprint density at radius 2 is 1.77 bits per heavy atom. The topological polar surface area (TPSA) is 94.4 Å². The van der Waals surface area contributed by atoms with E-state index in [1.54, 1.807) is 37.8 Å². The van der Waals surface area contributed by atoms with Crippen molar-refractivity contribution in [1.29, 1.82) is 0 Å². The van der Waals surface area contributed by atoms with Crippen LogP contribution in [-0.4, -0.2) is 51.0 Å². The summed E-state index contributed by atoms with van der Waals surface area (Å²) in [5, 5.41) is 2.98. The van der Waals surface area contributed by atoms with Crippen LogP contribution < -0.4 is 34.6 Å². The van der Waals surface area contributed by atoms with Gasteiger partial charge < -0.3 is 24.4 Å². The van der Waals surface area contributed by atoms with Gasteiger partial charge >= 0.3 is 0 Å². The van der Waals surface area contributed by atoms with E-state index in [0.717, 1.165) is 24.3 Å². The lowest BCUT2D eigenvalue weighted by Crippen LogP contribution is -2.40. The molecule has 1 atom stereocenters. The molecule has 2 aliphatic heterocycles. The van der Waals surface area contributed by atoms with E-state index in [4.69, 9.17) is 19.2 Å². The predicted octanol–water partition coefficient (Wildman–Crippen LogP) is 3.73. The van der Waals surface area contributed by atoms with Crippen LogP contribution in [0.5, 0.6) is 11.5 Å². The minimum atomic E-state index is -0.772. The molecule has 6 rings (SSSR count). The number of hydrogen-bond donors (Lipinski definition) is 1. The number of hydrogen-bond acceptors (Lipinski definition) is 8. The number of carbonyl (C=O) groups excluding carboxylic acids is 1. The molecule has 1 saturated heterocycles. The summed E-state index contributed by atoms with van der Waals surface area (Å²) in [4.78, 5) is 35.5. The van der Waals surface area contributed by atoms with Crippen LogP contribution in [0.2, 0.25) is 0 Å². The first-order chi connectivity index (χ1) is 21.0. The van der Waals surface area contributed by atoms with Crippen molar-refractivity contribution in [2.75, 3.05) is 50.7 Å². The molecule has 0 bridgehead atoms. The van der Waals surface area contributed by atoms with E-state index in [0.29, 0.717) is 56.6 Å². The molecular weight excluding hydrogens is 564 g/mol. The fourth-order valence-corrected chi connectivity index (χ4v) is 6.47. The maximum absolute atomic E-state index is 14.1. The van der Waals surface area contributed by atoms with Gasteiger partial charge in [-0.25, -0.2) is 4.99 Å². The van der Waals surface area contributed by atoms with Crippen LogP contribution in [-0.2, 0) is 9.53 Å². The predicted molar refractivity (Wildman–Crippen MR) is 168 cm³/mol. The number of carbonyl (C=O) groups is 1. The van der Waals surface area contributed by atoms with Gasteiger partial charge in [0.15, 0.2) is 4.80 Å².